The number of carbonyl (C=O) groups excluding carboxylic acids is 1. The lowest BCUT2D eigenvalue weighted by Crippen LogP contribution is -2.19. The molecule has 23 heavy (non-hydrogen) atoms. The number of methoxy groups -OCH3 is 1. The molecule has 1 amide bonds. The standard InChI is InChI=1S/C17H13BrN2O2S/c1-22-14-8-3-2-5-11(14)9-15-16(21)20-17(23-15)19-13-7-4-6-12(18)10-13/h2-10H,1H3,(H,19,20,21). The lowest BCUT2D eigenvalue weighted by Gasteiger charge is -2.03. The molecule has 2 aromatic carbocycles. The third kappa shape index (κ3) is 3.83. The highest BCUT2D eigenvalue weighted by molar-refractivity contribution is 9.10. The van der Waals surface area contributed by atoms with Crippen LogP contribution in [0.3, 0.4) is 0 Å². The van der Waals surface area contributed by atoms with E-state index in [-0.39, 0.29) is 5.91 Å². The van der Waals surface area contributed by atoms with Crippen LogP contribution in [-0.4, -0.2) is 18.2 Å². The van der Waals surface area contributed by atoms with Gasteiger partial charge in [0.25, 0.3) is 5.91 Å². The summed E-state index contributed by atoms with van der Waals surface area (Å²) in [4.78, 5) is 17.2. The number of nitrogens with zero attached hydrogens (tertiary/aromatic N) is 1. The van der Waals surface area contributed by atoms with Crippen molar-refractivity contribution in [1.29, 1.82) is 0 Å². The molecule has 0 bridgehead atoms. The molecular weight excluding hydrogens is 376 g/mol. The minimum absolute atomic E-state index is 0.158. The number of halogens is 1. The minimum atomic E-state index is -0.158. The predicted octanol–water partition coefficient (Wildman–Crippen LogP) is 4.35. The average Bonchev–Trinajstić information content (AvgIpc) is 2.87. The summed E-state index contributed by atoms with van der Waals surface area (Å²) >= 11 is 4.72. The van der Waals surface area contributed by atoms with Crippen LogP contribution in [-0.2, 0) is 4.79 Å². The second kappa shape index (κ2) is 7.02. The van der Waals surface area contributed by atoms with Gasteiger partial charge in [0.05, 0.1) is 17.7 Å². The molecule has 0 aliphatic carbocycles. The number of carbonyl (C=O) groups is 1. The van der Waals surface area contributed by atoms with Crippen LogP contribution in [0.2, 0.25) is 0 Å². The fraction of sp³-hybridized carbons (Fsp3) is 0.0588. The number of hydrogen-bond acceptors (Lipinski definition) is 4. The van der Waals surface area contributed by atoms with Gasteiger partial charge in [0.1, 0.15) is 5.75 Å². The number of benzene rings is 2. The molecule has 0 aromatic heterocycles. The third-order valence-electron chi connectivity index (χ3n) is 3.12. The Hall–Kier alpha value is -2.05. The van der Waals surface area contributed by atoms with Gasteiger partial charge in [-0.3, -0.25) is 4.79 Å². The van der Waals surface area contributed by atoms with E-state index in [0.29, 0.717) is 10.1 Å². The quantitative estimate of drug-likeness (QED) is 0.795. The second-order valence-electron chi connectivity index (χ2n) is 4.70. The molecular formula is C17H13BrN2O2S. The molecule has 1 aliphatic rings. The molecule has 0 atom stereocenters. The predicted molar refractivity (Wildman–Crippen MR) is 97.9 cm³/mol. The lowest BCUT2D eigenvalue weighted by molar-refractivity contribution is -0.115. The molecule has 0 radical (unpaired) electrons. The van der Waals surface area contributed by atoms with Crippen molar-refractivity contribution in [3.8, 4) is 5.75 Å². The van der Waals surface area contributed by atoms with Crippen molar-refractivity contribution in [2.24, 2.45) is 4.99 Å². The van der Waals surface area contributed by atoms with Crippen molar-refractivity contribution in [3.05, 3.63) is 63.5 Å². The molecule has 4 nitrogen and oxygen atoms in total. The van der Waals surface area contributed by atoms with Crippen LogP contribution in [0.1, 0.15) is 5.56 Å². The zero-order chi connectivity index (χ0) is 16.2. The van der Waals surface area contributed by atoms with Gasteiger partial charge in [-0.25, -0.2) is 4.99 Å². The summed E-state index contributed by atoms with van der Waals surface area (Å²) in [6, 6.07) is 15.2. The van der Waals surface area contributed by atoms with Crippen LogP contribution in [0.15, 0.2) is 62.9 Å². The number of amidine groups is 1. The Morgan fingerprint density at radius 3 is 2.83 bits per heavy atom. The van der Waals surface area contributed by atoms with E-state index < -0.39 is 0 Å². The van der Waals surface area contributed by atoms with Crippen molar-refractivity contribution >= 4 is 50.5 Å². The fourth-order valence-electron chi connectivity index (χ4n) is 2.07. The smallest absolute Gasteiger partial charge is 0.264 e. The van der Waals surface area contributed by atoms with Crippen molar-refractivity contribution in [1.82, 2.24) is 5.32 Å². The van der Waals surface area contributed by atoms with Gasteiger partial charge in [-0.15, -0.1) is 0 Å². The first-order valence-electron chi connectivity index (χ1n) is 6.84. The molecule has 116 valence electrons. The number of para-hydroxylation sites is 1. The molecule has 0 saturated carbocycles. The van der Waals surface area contributed by atoms with Gasteiger partial charge >= 0.3 is 0 Å². The molecule has 3 rings (SSSR count). The summed E-state index contributed by atoms with van der Waals surface area (Å²) in [5.41, 5.74) is 1.64. The van der Waals surface area contributed by atoms with E-state index in [4.69, 9.17) is 4.74 Å². The number of amides is 1. The first kappa shape index (κ1) is 15.8. The first-order chi connectivity index (χ1) is 11.2. The van der Waals surface area contributed by atoms with E-state index in [1.165, 1.54) is 11.8 Å². The SMILES string of the molecule is COc1ccccc1C=C1SC(=Nc2cccc(Br)c2)NC1=O. The van der Waals surface area contributed by atoms with Crippen LogP contribution in [0.5, 0.6) is 5.75 Å². The Labute approximate surface area is 146 Å². The van der Waals surface area contributed by atoms with Gasteiger partial charge in [0, 0.05) is 10.0 Å². The molecule has 6 heteroatoms. The zero-order valence-electron chi connectivity index (χ0n) is 12.2. The van der Waals surface area contributed by atoms with Gasteiger partial charge in [-0.2, -0.15) is 0 Å². The average molecular weight is 389 g/mol. The van der Waals surface area contributed by atoms with Gasteiger partial charge in [0.15, 0.2) is 5.17 Å². The summed E-state index contributed by atoms with van der Waals surface area (Å²) in [5, 5.41) is 3.34. The molecule has 0 spiro atoms. The molecule has 1 N–H and O–H groups in total. The van der Waals surface area contributed by atoms with Crippen LogP contribution in [0.25, 0.3) is 6.08 Å². The third-order valence-corrected chi connectivity index (χ3v) is 4.52. The molecule has 1 saturated heterocycles. The highest BCUT2D eigenvalue weighted by Gasteiger charge is 2.24. The van der Waals surface area contributed by atoms with E-state index in [1.807, 2.05) is 54.6 Å². The highest BCUT2D eigenvalue weighted by Crippen LogP contribution is 2.30. The van der Waals surface area contributed by atoms with Crippen molar-refractivity contribution in [3.63, 3.8) is 0 Å². The summed E-state index contributed by atoms with van der Waals surface area (Å²) in [7, 11) is 1.61. The summed E-state index contributed by atoms with van der Waals surface area (Å²) < 4.78 is 6.25. The number of hydrogen-bond donors (Lipinski definition) is 1. The number of thioether (sulfide) groups is 1. The normalized spacial score (nSPS) is 17.6. The van der Waals surface area contributed by atoms with Crippen LogP contribution < -0.4 is 10.1 Å². The monoisotopic (exact) mass is 388 g/mol. The molecule has 0 unspecified atom stereocenters. The first-order valence-corrected chi connectivity index (χ1v) is 8.45. The van der Waals surface area contributed by atoms with Gasteiger partial charge in [0.2, 0.25) is 0 Å². The topological polar surface area (TPSA) is 50.7 Å². The summed E-state index contributed by atoms with van der Waals surface area (Å²) in [5.74, 6) is 0.570. The Balaban J connectivity index is 1.86. The van der Waals surface area contributed by atoms with Gasteiger partial charge < -0.3 is 10.1 Å². The van der Waals surface area contributed by atoms with Crippen LogP contribution in [0, 0.1) is 0 Å². The Morgan fingerprint density at radius 2 is 2.04 bits per heavy atom. The number of ether oxygens (including phenoxy) is 1. The Morgan fingerprint density at radius 1 is 1.22 bits per heavy atom. The molecule has 2 aromatic rings. The Kier molecular flexibility index (Phi) is 4.83. The lowest BCUT2D eigenvalue weighted by atomic mass is 10.2. The van der Waals surface area contributed by atoms with E-state index >= 15 is 0 Å². The van der Waals surface area contributed by atoms with Gasteiger partial charge in [-0.1, -0.05) is 40.2 Å². The van der Waals surface area contributed by atoms with E-state index in [1.54, 1.807) is 7.11 Å². The Bertz CT molecular complexity index is 818. The molecule has 1 heterocycles. The molecule has 1 fully saturated rings. The van der Waals surface area contributed by atoms with Crippen molar-refractivity contribution in [2.45, 2.75) is 0 Å². The summed E-state index contributed by atoms with van der Waals surface area (Å²) in [6.07, 6.45) is 1.81. The van der Waals surface area contributed by atoms with Gasteiger partial charge in [-0.05, 0) is 42.1 Å². The maximum atomic E-state index is 12.1. The number of nitrogens with one attached hydrogen (secondary N) is 1. The largest absolute Gasteiger partial charge is 0.496 e. The molecule has 1 aliphatic heterocycles. The maximum absolute atomic E-state index is 12.1. The minimum Gasteiger partial charge on any atom is -0.496 e. The fourth-order valence-corrected chi connectivity index (χ4v) is 3.29. The van der Waals surface area contributed by atoms with Crippen LogP contribution >= 0.6 is 27.7 Å². The van der Waals surface area contributed by atoms with E-state index in [0.717, 1.165) is 21.5 Å². The van der Waals surface area contributed by atoms with Crippen molar-refractivity contribution in [2.75, 3.05) is 7.11 Å². The second-order valence-corrected chi connectivity index (χ2v) is 6.65. The van der Waals surface area contributed by atoms with Crippen molar-refractivity contribution < 1.29 is 9.53 Å². The van der Waals surface area contributed by atoms with E-state index in [2.05, 4.69) is 26.2 Å². The number of rotatable bonds is 3. The zero-order valence-corrected chi connectivity index (χ0v) is 14.6. The number of aliphatic imine (C=N–C) groups is 1. The maximum Gasteiger partial charge on any atom is 0.264 e. The summed E-state index contributed by atoms with van der Waals surface area (Å²) in [6.45, 7) is 0. The van der Waals surface area contributed by atoms with Crippen LogP contribution in [0.4, 0.5) is 5.69 Å². The van der Waals surface area contributed by atoms with E-state index in [9.17, 15) is 4.79 Å². The highest BCUT2D eigenvalue weighted by atomic mass is 79.9.